The Bertz CT molecular complexity index is 318. The van der Waals surface area contributed by atoms with Crippen molar-refractivity contribution in [1.29, 1.82) is 0 Å². The van der Waals surface area contributed by atoms with E-state index in [1.54, 1.807) is 0 Å². The average molecular weight is 286 g/mol. The molecule has 0 unspecified atom stereocenters. The molecule has 0 aliphatic carbocycles. The Balaban J connectivity index is 0.000000388. The van der Waals surface area contributed by atoms with Gasteiger partial charge in [0.1, 0.15) is 6.54 Å². The van der Waals surface area contributed by atoms with Crippen LogP contribution in [0.25, 0.3) is 0 Å². The summed E-state index contributed by atoms with van der Waals surface area (Å²) in [4.78, 5) is 30.1. The molecule has 1 heterocycles. The summed E-state index contributed by atoms with van der Waals surface area (Å²) in [6.45, 7) is 2.07. The number of esters is 1. The highest BCUT2D eigenvalue weighted by Crippen LogP contribution is 2.15. The molecule has 1 rings (SSSR count). The van der Waals surface area contributed by atoms with E-state index in [0.717, 1.165) is 6.42 Å². The van der Waals surface area contributed by atoms with Crippen LogP contribution in [0.15, 0.2) is 0 Å². The molecule has 0 atom stereocenters. The first-order valence-electron chi connectivity index (χ1n) is 5.26. The summed E-state index contributed by atoms with van der Waals surface area (Å²) >= 11 is 0. The lowest BCUT2D eigenvalue weighted by atomic mass is 10.3. The van der Waals surface area contributed by atoms with Crippen LogP contribution in [0.3, 0.4) is 0 Å². The SMILES string of the molecule is CCCCNC(=O)OC(F)(F)F.O=C1CNC(=O)O1. The van der Waals surface area contributed by atoms with Gasteiger partial charge in [-0.2, -0.15) is 0 Å². The molecule has 0 aromatic carbocycles. The van der Waals surface area contributed by atoms with Gasteiger partial charge in [0.25, 0.3) is 0 Å². The van der Waals surface area contributed by atoms with Gasteiger partial charge in [-0.1, -0.05) is 13.3 Å². The molecule has 2 N–H and O–H groups in total. The third-order valence-electron chi connectivity index (χ3n) is 1.59. The van der Waals surface area contributed by atoms with Crippen LogP contribution in [0, 0.1) is 0 Å². The molecule has 7 nitrogen and oxygen atoms in total. The molecule has 10 heteroatoms. The summed E-state index contributed by atoms with van der Waals surface area (Å²) in [5.74, 6) is -0.509. The van der Waals surface area contributed by atoms with Crippen LogP contribution in [0.5, 0.6) is 0 Å². The summed E-state index contributed by atoms with van der Waals surface area (Å²) in [7, 11) is 0. The van der Waals surface area contributed by atoms with Crippen LogP contribution in [-0.2, 0) is 14.3 Å². The van der Waals surface area contributed by atoms with Crippen LogP contribution in [0.2, 0.25) is 0 Å². The Morgan fingerprint density at radius 3 is 2.42 bits per heavy atom. The molecule has 19 heavy (non-hydrogen) atoms. The Morgan fingerprint density at radius 1 is 1.47 bits per heavy atom. The number of alkyl halides is 3. The van der Waals surface area contributed by atoms with E-state index in [-0.39, 0.29) is 13.1 Å². The summed E-state index contributed by atoms with van der Waals surface area (Å²) < 4.78 is 41.0. The average Bonchev–Trinajstić information content (AvgIpc) is 2.61. The zero-order chi connectivity index (χ0) is 14.9. The van der Waals surface area contributed by atoms with Gasteiger partial charge in [-0.3, -0.25) is 0 Å². The number of rotatable bonds is 3. The second kappa shape index (κ2) is 8.16. The molecular formula is C9H13F3N2O5. The van der Waals surface area contributed by atoms with E-state index in [1.807, 2.05) is 12.2 Å². The van der Waals surface area contributed by atoms with E-state index in [0.29, 0.717) is 6.42 Å². The molecule has 0 spiro atoms. The highest BCUT2D eigenvalue weighted by Gasteiger charge is 2.33. The standard InChI is InChI=1S/C6H10F3NO2.C3H3NO3/c1-2-3-4-10-5(11)12-6(7,8)9;5-2-1-4-3(6)7-2/h2-4H2,1H3,(H,10,11);1H2,(H,4,6). The van der Waals surface area contributed by atoms with Gasteiger partial charge in [0.05, 0.1) is 0 Å². The van der Waals surface area contributed by atoms with E-state index in [4.69, 9.17) is 0 Å². The zero-order valence-corrected chi connectivity index (χ0v) is 10.0. The topological polar surface area (TPSA) is 93.7 Å². The number of unbranched alkanes of at least 4 members (excludes halogenated alkanes) is 1. The van der Waals surface area contributed by atoms with Crippen molar-refractivity contribution in [3.63, 3.8) is 0 Å². The fourth-order valence-corrected chi connectivity index (χ4v) is 0.828. The smallest absolute Gasteiger partial charge is 0.375 e. The van der Waals surface area contributed by atoms with E-state index in [2.05, 4.69) is 14.8 Å². The van der Waals surface area contributed by atoms with Crippen molar-refractivity contribution in [2.24, 2.45) is 0 Å². The van der Waals surface area contributed by atoms with Gasteiger partial charge in [-0.25, -0.2) is 14.4 Å². The summed E-state index contributed by atoms with van der Waals surface area (Å²) in [5.41, 5.74) is 0. The van der Waals surface area contributed by atoms with Crippen molar-refractivity contribution in [3.05, 3.63) is 0 Å². The van der Waals surface area contributed by atoms with Crippen LogP contribution in [0.4, 0.5) is 22.8 Å². The first-order chi connectivity index (χ1) is 8.74. The van der Waals surface area contributed by atoms with Gasteiger partial charge in [0.15, 0.2) is 0 Å². The van der Waals surface area contributed by atoms with Crippen molar-refractivity contribution >= 4 is 18.2 Å². The van der Waals surface area contributed by atoms with Gasteiger partial charge < -0.3 is 20.1 Å². The second-order valence-electron chi connectivity index (χ2n) is 3.23. The molecule has 1 aliphatic heterocycles. The maximum absolute atomic E-state index is 11.3. The zero-order valence-electron chi connectivity index (χ0n) is 10.0. The van der Waals surface area contributed by atoms with Gasteiger partial charge in [0, 0.05) is 6.54 Å². The number of halogens is 3. The number of alkyl carbamates (subject to hydrolysis) is 2. The predicted octanol–water partition coefficient (Wildman–Crippen LogP) is 1.29. The molecule has 0 bridgehead atoms. The molecule has 1 fully saturated rings. The lowest BCUT2D eigenvalue weighted by Crippen LogP contribution is -2.30. The number of hydrogen-bond donors (Lipinski definition) is 2. The second-order valence-corrected chi connectivity index (χ2v) is 3.23. The molecule has 1 saturated heterocycles. The number of carbonyl (C=O) groups is 3. The van der Waals surface area contributed by atoms with Gasteiger partial charge in [0.2, 0.25) is 0 Å². The van der Waals surface area contributed by atoms with Crippen LogP contribution in [-0.4, -0.2) is 37.6 Å². The summed E-state index contributed by atoms with van der Waals surface area (Å²) in [6.07, 6.45) is -5.56. The number of nitrogens with one attached hydrogen (secondary N) is 2. The van der Waals surface area contributed by atoms with Crippen molar-refractivity contribution < 1.29 is 37.0 Å². The van der Waals surface area contributed by atoms with Crippen LogP contribution >= 0.6 is 0 Å². The molecule has 2 amide bonds. The lowest BCUT2D eigenvalue weighted by molar-refractivity contribution is -0.291. The molecule has 110 valence electrons. The molecular weight excluding hydrogens is 273 g/mol. The monoisotopic (exact) mass is 286 g/mol. The predicted molar refractivity (Wildman–Crippen MR) is 54.9 cm³/mol. The minimum Gasteiger partial charge on any atom is -0.375 e. The maximum atomic E-state index is 11.3. The van der Waals surface area contributed by atoms with Crippen molar-refractivity contribution in [2.45, 2.75) is 26.1 Å². The minimum absolute atomic E-state index is 0.0127. The van der Waals surface area contributed by atoms with Gasteiger partial charge in [-0.15, -0.1) is 13.2 Å². The van der Waals surface area contributed by atoms with Crippen molar-refractivity contribution in [3.8, 4) is 0 Å². The highest BCUT2D eigenvalue weighted by molar-refractivity contribution is 5.92. The molecule has 0 radical (unpaired) electrons. The Kier molecular flexibility index (Phi) is 7.30. The Hall–Kier alpha value is -2.00. The van der Waals surface area contributed by atoms with Crippen LogP contribution < -0.4 is 10.6 Å². The molecule has 1 aliphatic rings. The van der Waals surface area contributed by atoms with Crippen molar-refractivity contribution in [1.82, 2.24) is 10.6 Å². The van der Waals surface area contributed by atoms with Gasteiger partial charge >= 0.3 is 24.5 Å². The number of cyclic esters (lactones) is 2. The van der Waals surface area contributed by atoms with E-state index < -0.39 is 24.5 Å². The van der Waals surface area contributed by atoms with Gasteiger partial charge in [-0.05, 0) is 6.42 Å². The van der Waals surface area contributed by atoms with E-state index in [1.165, 1.54) is 0 Å². The fourth-order valence-electron chi connectivity index (χ4n) is 0.828. The third-order valence-corrected chi connectivity index (χ3v) is 1.59. The van der Waals surface area contributed by atoms with E-state index >= 15 is 0 Å². The van der Waals surface area contributed by atoms with Crippen molar-refractivity contribution in [2.75, 3.05) is 13.1 Å². The summed E-state index contributed by atoms with van der Waals surface area (Å²) in [6, 6.07) is 0. The minimum atomic E-state index is -4.89. The number of hydrogen-bond acceptors (Lipinski definition) is 5. The Morgan fingerprint density at radius 2 is 2.11 bits per heavy atom. The largest absolute Gasteiger partial charge is 0.576 e. The Labute approximate surface area is 106 Å². The third kappa shape index (κ3) is 10.9. The number of amides is 2. The normalized spacial score (nSPS) is 13.9. The maximum Gasteiger partial charge on any atom is 0.576 e. The molecule has 0 saturated carbocycles. The van der Waals surface area contributed by atoms with Crippen LogP contribution in [0.1, 0.15) is 19.8 Å². The lowest BCUT2D eigenvalue weighted by Gasteiger charge is -2.07. The fraction of sp³-hybridized carbons (Fsp3) is 0.667. The first kappa shape index (κ1) is 17.0. The highest BCUT2D eigenvalue weighted by atomic mass is 19.4. The molecule has 0 aromatic rings. The molecule has 0 aromatic heterocycles. The summed E-state index contributed by atoms with van der Waals surface area (Å²) in [5, 5.41) is 4.12. The van der Waals surface area contributed by atoms with E-state index in [9.17, 15) is 27.6 Å². The number of ether oxygens (including phenoxy) is 2. The quantitative estimate of drug-likeness (QED) is 0.463. The number of carbonyl (C=O) groups excluding carboxylic acids is 3. The first-order valence-corrected chi connectivity index (χ1v) is 5.26.